The van der Waals surface area contributed by atoms with Gasteiger partial charge < -0.3 is 15.4 Å². The molecule has 0 spiro atoms. The summed E-state index contributed by atoms with van der Waals surface area (Å²) in [5, 5.41) is 6.32. The fraction of sp³-hybridized carbons (Fsp3) is 0.929. The molecule has 0 saturated heterocycles. The van der Waals surface area contributed by atoms with E-state index in [0.717, 1.165) is 6.54 Å². The average molecular weight is 256 g/mol. The van der Waals surface area contributed by atoms with Crippen molar-refractivity contribution in [1.82, 2.24) is 10.6 Å². The third-order valence-corrected chi connectivity index (χ3v) is 3.30. The zero-order chi connectivity index (χ0) is 13.6. The van der Waals surface area contributed by atoms with Crippen molar-refractivity contribution in [3.05, 3.63) is 0 Å². The van der Waals surface area contributed by atoms with Gasteiger partial charge in [-0.1, -0.05) is 19.3 Å². The van der Waals surface area contributed by atoms with Crippen LogP contribution in [0, 0.1) is 0 Å². The number of ether oxygens (including phenoxy) is 1. The Balaban J connectivity index is 2.12. The van der Waals surface area contributed by atoms with Crippen molar-refractivity contribution in [2.75, 3.05) is 13.1 Å². The Labute approximate surface area is 111 Å². The highest BCUT2D eigenvalue weighted by Crippen LogP contribution is 2.27. The maximum absolute atomic E-state index is 11.4. The normalized spacial score (nSPS) is 19.3. The van der Waals surface area contributed by atoms with Gasteiger partial charge in [-0.2, -0.15) is 0 Å². The molecule has 0 aromatic heterocycles. The molecule has 0 heterocycles. The number of carbonyl (C=O) groups is 1. The number of hydrogen-bond donors (Lipinski definition) is 2. The van der Waals surface area contributed by atoms with Gasteiger partial charge in [0.15, 0.2) is 0 Å². The first kappa shape index (κ1) is 15.3. The van der Waals surface area contributed by atoms with Crippen molar-refractivity contribution in [3.8, 4) is 0 Å². The molecule has 1 aliphatic carbocycles. The van der Waals surface area contributed by atoms with Gasteiger partial charge in [0.25, 0.3) is 0 Å². The summed E-state index contributed by atoms with van der Waals surface area (Å²) in [6, 6.07) is 0. The van der Waals surface area contributed by atoms with Gasteiger partial charge in [0, 0.05) is 18.6 Å². The summed E-state index contributed by atoms with van der Waals surface area (Å²) in [6.07, 6.45) is 6.11. The van der Waals surface area contributed by atoms with Gasteiger partial charge in [0.05, 0.1) is 0 Å². The minimum absolute atomic E-state index is 0.258. The number of amides is 1. The summed E-state index contributed by atoms with van der Waals surface area (Å²) in [4.78, 5) is 11.4. The van der Waals surface area contributed by atoms with E-state index >= 15 is 0 Å². The molecule has 18 heavy (non-hydrogen) atoms. The molecule has 4 heteroatoms. The summed E-state index contributed by atoms with van der Waals surface area (Å²) in [7, 11) is 0. The van der Waals surface area contributed by atoms with Crippen molar-refractivity contribution in [1.29, 1.82) is 0 Å². The molecule has 0 radical (unpaired) electrons. The summed E-state index contributed by atoms with van der Waals surface area (Å²) in [6.45, 7) is 9.30. The molecule has 0 bridgehead atoms. The van der Waals surface area contributed by atoms with Gasteiger partial charge in [-0.25, -0.2) is 4.79 Å². The molecule has 1 saturated carbocycles. The van der Waals surface area contributed by atoms with Crippen LogP contribution in [0.5, 0.6) is 0 Å². The van der Waals surface area contributed by atoms with Crippen LogP contribution in [0.4, 0.5) is 4.79 Å². The third-order valence-electron chi connectivity index (χ3n) is 3.30. The number of carbonyl (C=O) groups excluding carboxylic acids is 1. The Morgan fingerprint density at radius 1 is 1.17 bits per heavy atom. The summed E-state index contributed by atoms with van der Waals surface area (Å²) >= 11 is 0. The van der Waals surface area contributed by atoms with Gasteiger partial charge in [0.2, 0.25) is 0 Å². The predicted molar refractivity (Wildman–Crippen MR) is 73.7 cm³/mol. The Morgan fingerprint density at radius 2 is 1.78 bits per heavy atom. The Morgan fingerprint density at radius 3 is 2.33 bits per heavy atom. The van der Waals surface area contributed by atoms with E-state index in [4.69, 9.17) is 4.74 Å². The summed E-state index contributed by atoms with van der Waals surface area (Å²) in [5.41, 5.74) is -0.166. The maximum atomic E-state index is 11.4. The second-order valence-corrected chi connectivity index (χ2v) is 6.48. The molecular formula is C14H28N2O2. The standard InChI is InChI=1S/C14H28N2O2/c1-13(2,3)18-12(17)15-10-11-16-14(4)8-6-5-7-9-14/h16H,5-11H2,1-4H3,(H,15,17). The zero-order valence-electron chi connectivity index (χ0n) is 12.3. The molecule has 4 nitrogen and oxygen atoms in total. The molecule has 0 unspecified atom stereocenters. The lowest BCUT2D eigenvalue weighted by atomic mass is 9.83. The van der Waals surface area contributed by atoms with Crippen molar-refractivity contribution >= 4 is 6.09 Å². The lowest BCUT2D eigenvalue weighted by Crippen LogP contribution is -2.47. The first-order valence-electron chi connectivity index (χ1n) is 7.03. The van der Waals surface area contributed by atoms with Crippen molar-refractivity contribution < 1.29 is 9.53 Å². The molecule has 0 atom stereocenters. The molecule has 0 aliphatic heterocycles. The van der Waals surface area contributed by atoms with Crippen LogP contribution < -0.4 is 10.6 Å². The summed E-state index contributed by atoms with van der Waals surface area (Å²) < 4.78 is 5.18. The monoisotopic (exact) mass is 256 g/mol. The molecule has 1 amide bonds. The Bertz CT molecular complexity index is 265. The van der Waals surface area contributed by atoms with Gasteiger partial charge in [0.1, 0.15) is 5.60 Å². The van der Waals surface area contributed by atoms with E-state index in [1.54, 1.807) is 0 Å². The van der Waals surface area contributed by atoms with Gasteiger partial charge in [-0.3, -0.25) is 0 Å². The highest BCUT2D eigenvalue weighted by molar-refractivity contribution is 5.67. The smallest absolute Gasteiger partial charge is 0.407 e. The number of rotatable bonds is 4. The number of nitrogens with one attached hydrogen (secondary N) is 2. The lowest BCUT2D eigenvalue weighted by Gasteiger charge is -2.34. The molecule has 0 aromatic rings. The van der Waals surface area contributed by atoms with Crippen LogP contribution in [-0.4, -0.2) is 30.3 Å². The predicted octanol–water partition coefficient (Wildman–Crippen LogP) is 2.82. The minimum atomic E-state index is -0.424. The van der Waals surface area contributed by atoms with Crippen LogP contribution in [0.15, 0.2) is 0 Å². The quantitative estimate of drug-likeness (QED) is 0.760. The van der Waals surface area contributed by atoms with Crippen LogP contribution in [0.25, 0.3) is 0 Å². The van der Waals surface area contributed by atoms with Crippen molar-refractivity contribution in [2.45, 2.75) is 70.9 Å². The van der Waals surface area contributed by atoms with E-state index in [-0.39, 0.29) is 11.6 Å². The third kappa shape index (κ3) is 6.24. The molecule has 2 N–H and O–H groups in total. The minimum Gasteiger partial charge on any atom is -0.444 e. The van der Waals surface area contributed by atoms with Crippen LogP contribution in [0.1, 0.15) is 59.8 Å². The summed E-state index contributed by atoms with van der Waals surface area (Å²) in [5.74, 6) is 0. The SMILES string of the molecule is CC1(NCCNC(=O)OC(C)(C)C)CCCCC1. The molecule has 1 rings (SSSR count). The van der Waals surface area contributed by atoms with E-state index < -0.39 is 5.60 Å². The molecular weight excluding hydrogens is 228 g/mol. The van der Waals surface area contributed by atoms with Gasteiger partial charge in [-0.15, -0.1) is 0 Å². The van der Waals surface area contributed by atoms with Gasteiger partial charge in [-0.05, 0) is 40.5 Å². The Hall–Kier alpha value is -0.770. The second-order valence-electron chi connectivity index (χ2n) is 6.48. The fourth-order valence-electron chi connectivity index (χ4n) is 2.35. The van der Waals surface area contributed by atoms with E-state index in [0.29, 0.717) is 6.54 Å². The van der Waals surface area contributed by atoms with Gasteiger partial charge >= 0.3 is 6.09 Å². The number of hydrogen-bond acceptors (Lipinski definition) is 3. The molecule has 106 valence electrons. The van der Waals surface area contributed by atoms with E-state index in [1.807, 2.05) is 20.8 Å². The highest BCUT2D eigenvalue weighted by atomic mass is 16.6. The first-order valence-corrected chi connectivity index (χ1v) is 7.03. The lowest BCUT2D eigenvalue weighted by molar-refractivity contribution is 0.0526. The average Bonchev–Trinajstić information content (AvgIpc) is 2.23. The van der Waals surface area contributed by atoms with E-state index in [1.165, 1.54) is 32.1 Å². The van der Waals surface area contributed by atoms with Crippen molar-refractivity contribution in [3.63, 3.8) is 0 Å². The van der Waals surface area contributed by atoms with Crippen LogP contribution in [-0.2, 0) is 4.74 Å². The van der Waals surface area contributed by atoms with E-state index in [2.05, 4.69) is 17.6 Å². The first-order chi connectivity index (χ1) is 8.31. The maximum Gasteiger partial charge on any atom is 0.407 e. The highest BCUT2D eigenvalue weighted by Gasteiger charge is 2.25. The Kier molecular flexibility index (Phi) is 5.45. The molecule has 1 aliphatic rings. The van der Waals surface area contributed by atoms with Crippen LogP contribution >= 0.6 is 0 Å². The van der Waals surface area contributed by atoms with Crippen LogP contribution in [0.3, 0.4) is 0 Å². The topological polar surface area (TPSA) is 50.4 Å². The zero-order valence-corrected chi connectivity index (χ0v) is 12.3. The number of alkyl carbamates (subject to hydrolysis) is 1. The largest absolute Gasteiger partial charge is 0.444 e. The second kappa shape index (κ2) is 6.41. The molecule has 1 fully saturated rings. The fourth-order valence-corrected chi connectivity index (χ4v) is 2.35. The molecule has 0 aromatic carbocycles. The van der Waals surface area contributed by atoms with Crippen molar-refractivity contribution in [2.24, 2.45) is 0 Å². The van der Waals surface area contributed by atoms with Crippen LogP contribution in [0.2, 0.25) is 0 Å². The van der Waals surface area contributed by atoms with E-state index in [9.17, 15) is 4.79 Å².